The van der Waals surface area contributed by atoms with Gasteiger partial charge in [0.25, 0.3) is 0 Å². The number of rotatable bonds is 19. The zero-order valence-electron chi connectivity index (χ0n) is 25.0. The number of sulfone groups is 1. The average Bonchev–Trinajstić information content (AvgIpc) is 2.95. The second kappa shape index (κ2) is 18.3. The second-order valence-electron chi connectivity index (χ2n) is 10.8. The van der Waals surface area contributed by atoms with Gasteiger partial charge in [0.15, 0.2) is 9.84 Å². The minimum absolute atomic E-state index is 0.00513. The number of aryl methyl sites for hydroxylation is 1. The second-order valence-corrected chi connectivity index (χ2v) is 13.3. The number of benzene rings is 2. The molecule has 0 heterocycles. The molecule has 0 saturated heterocycles. The standard InChI is InChI=1S/C31H44ClF2N3O5S/c1-4-8-26(9-5-2)43(41,42)20-28(36-30(39)17-32)31(40)37-27(15-23-13-24(33)16-25(34)14-23)29(38)19-35-18-22-11-7-10-21(6-3)12-22/h7,10-14,16,26-29,35,38H,4-6,8-9,15,17-20H2,1-3H3,(H,36,39)(H,37,40)/t27-,28+,29+/m0/s1. The summed E-state index contributed by atoms with van der Waals surface area (Å²) in [6, 6.07) is 8.24. The van der Waals surface area contributed by atoms with Crippen LogP contribution in [-0.4, -0.2) is 67.0 Å². The zero-order valence-corrected chi connectivity index (χ0v) is 26.6. The number of halogens is 3. The summed E-state index contributed by atoms with van der Waals surface area (Å²) in [5.41, 5.74) is 2.32. The zero-order chi connectivity index (χ0) is 32.0. The summed E-state index contributed by atoms with van der Waals surface area (Å²) in [5, 5.41) is 18.6. The predicted octanol–water partition coefficient (Wildman–Crippen LogP) is 3.81. The Morgan fingerprint density at radius 3 is 2.14 bits per heavy atom. The van der Waals surface area contributed by atoms with Gasteiger partial charge in [-0.1, -0.05) is 57.9 Å². The maximum Gasteiger partial charge on any atom is 0.243 e. The first kappa shape index (κ1) is 36.6. The number of nitrogens with one attached hydrogen (secondary N) is 3. The van der Waals surface area contributed by atoms with Gasteiger partial charge in [0.1, 0.15) is 23.6 Å². The van der Waals surface area contributed by atoms with E-state index in [-0.39, 0.29) is 18.5 Å². The summed E-state index contributed by atoms with van der Waals surface area (Å²) >= 11 is 5.64. The van der Waals surface area contributed by atoms with Crippen LogP contribution in [0.4, 0.5) is 8.78 Å². The van der Waals surface area contributed by atoms with Crippen molar-refractivity contribution < 1.29 is 31.9 Å². The highest BCUT2D eigenvalue weighted by molar-refractivity contribution is 7.92. The molecule has 3 atom stereocenters. The topological polar surface area (TPSA) is 125 Å². The molecule has 0 saturated carbocycles. The number of carbonyl (C=O) groups excluding carboxylic acids is 2. The number of alkyl halides is 1. The van der Waals surface area contributed by atoms with E-state index in [2.05, 4.69) is 16.0 Å². The molecule has 0 fully saturated rings. The molecule has 0 bridgehead atoms. The average molecular weight is 644 g/mol. The first-order valence-corrected chi connectivity index (χ1v) is 17.0. The van der Waals surface area contributed by atoms with Crippen LogP contribution in [0.2, 0.25) is 0 Å². The van der Waals surface area contributed by atoms with Crippen molar-refractivity contribution in [1.29, 1.82) is 0 Å². The van der Waals surface area contributed by atoms with E-state index in [0.29, 0.717) is 38.3 Å². The Balaban J connectivity index is 2.29. The molecule has 2 aromatic rings. The highest BCUT2D eigenvalue weighted by Gasteiger charge is 2.34. The molecule has 12 heteroatoms. The van der Waals surface area contributed by atoms with Crippen LogP contribution in [0.1, 0.15) is 63.1 Å². The molecule has 43 heavy (non-hydrogen) atoms. The van der Waals surface area contributed by atoms with Crippen LogP contribution in [0.5, 0.6) is 0 Å². The third-order valence-electron chi connectivity index (χ3n) is 7.15. The number of aliphatic hydroxyl groups is 1. The summed E-state index contributed by atoms with van der Waals surface area (Å²) in [4.78, 5) is 25.7. The first-order valence-electron chi connectivity index (χ1n) is 14.7. The fourth-order valence-electron chi connectivity index (χ4n) is 4.95. The van der Waals surface area contributed by atoms with Gasteiger partial charge >= 0.3 is 0 Å². The molecule has 0 aliphatic heterocycles. The van der Waals surface area contributed by atoms with Crippen LogP contribution < -0.4 is 16.0 Å². The molecular weight excluding hydrogens is 600 g/mol. The Kier molecular flexibility index (Phi) is 15.5. The van der Waals surface area contributed by atoms with Crippen molar-refractivity contribution in [1.82, 2.24) is 16.0 Å². The molecule has 0 aliphatic carbocycles. The third kappa shape index (κ3) is 12.5. The fraction of sp³-hybridized carbons (Fsp3) is 0.548. The number of carbonyl (C=O) groups is 2. The Morgan fingerprint density at radius 1 is 0.930 bits per heavy atom. The van der Waals surface area contributed by atoms with Crippen molar-refractivity contribution in [2.45, 2.75) is 89.3 Å². The van der Waals surface area contributed by atoms with Crippen LogP contribution in [0.25, 0.3) is 0 Å². The van der Waals surface area contributed by atoms with E-state index >= 15 is 0 Å². The molecule has 0 aliphatic rings. The number of aliphatic hydroxyl groups excluding tert-OH is 1. The van der Waals surface area contributed by atoms with Gasteiger partial charge in [-0.3, -0.25) is 9.59 Å². The number of amides is 2. The van der Waals surface area contributed by atoms with E-state index in [1.54, 1.807) is 0 Å². The molecule has 0 spiro atoms. The molecule has 0 radical (unpaired) electrons. The molecule has 8 nitrogen and oxygen atoms in total. The van der Waals surface area contributed by atoms with Gasteiger partial charge in [-0.05, 0) is 54.5 Å². The van der Waals surface area contributed by atoms with Crippen LogP contribution >= 0.6 is 11.6 Å². The Hall–Kier alpha value is -2.60. The van der Waals surface area contributed by atoms with Crippen molar-refractivity contribution >= 4 is 33.3 Å². The summed E-state index contributed by atoms with van der Waals surface area (Å²) in [5.74, 6) is -4.38. The molecule has 240 valence electrons. The van der Waals surface area contributed by atoms with Crippen LogP contribution in [0.3, 0.4) is 0 Å². The van der Waals surface area contributed by atoms with Crippen molar-refractivity contribution in [3.63, 3.8) is 0 Å². The molecule has 0 aromatic heterocycles. The van der Waals surface area contributed by atoms with E-state index in [4.69, 9.17) is 11.6 Å². The molecule has 2 aromatic carbocycles. The Bertz CT molecular complexity index is 1270. The van der Waals surface area contributed by atoms with Gasteiger partial charge in [-0.25, -0.2) is 17.2 Å². The highest BCUT2D eigenvalue weighted by Crippen LogP contribution is 2.18. The molecule has 2 rings (SSSR count). The predicted molar refractivity (Wildman–Crippen MR) is 166 cm³/mol. The lowest BCUT2D eigenvalue weighted by molar-refractivity contribution is -0.128. The van der Waals surface area contributed by atoms with Gasteiger partial charge in [0.2, 0.25) is 11.8 Å². The van der Waals surface area contributed by atoms with E-state index in [9.17, 15) is 31.9 Å². The number of hydrogen-bond acceptors (Lipinski definition) is 6. The molecular formula is C31H44ClF2N3O5S. The Labute approximate surface area is 258 Å². The van der Waals surface area contributed by atoms with Crippen molar-refractivity contribution in [2.75, 3.05) is 18.2 Å². The smallest absolute Gasteiger partial charge is 0.243 e. The summed E-state index contributed by atoms with van der Waals surface area (Å²) in [6.45, 7) is 6.20. The first-order chi connectivity index (χ1) is 20.4. The quantitative estimate of drug-likeness (QED) is 0.173. The van der Waals surface area contributed by atoms with Crippen LogP contribution in [-0.2, 0) is 38.8 Å². The van der Waals surface area contributed by atoms with Gasteiger partial charge in [-0.2, -0.15) is 0 Å². The van der Waals surface area contributed by atoms with Gasteiger partial charge in [-0.15, -0.1) is 11.6 Å². The fourth-order valence-corrected chi connectivity index (χ4v) is 7.19. The van der Waals surface area contributed by atoms with Crippen molar-refractivity contribution in [3.05, 3.63) is 70.8 Å². The lowest BCUT2D eigenvalue weighted by atomic mass is 10.00. The number of hydrogen-bond donors (Lipinski definition) is 4. The summed E-state index contributed by atoms with van der Waals surface area (Å²) < 4.78 is 54.5. The highest BCUT2D eigenvalue weighted by atomic mass is 35.5. The van der Waals surface area contributed by atoms with E-state index in [1.165, 1.54) is 0 Å². The Morgan fingerprint density at radius 2 is 1.56 bits per heavy atom. The molecule has 0 unspecified atom stereocenters. The summed E-state index contributed by atoms with van der Waals surface area (Å²) in [7, 11) is -3.81. The lowest BCUT2D eigenvalue weighted by Crippen LogP contribution is -2.57. The normalized spacial score (nSPS) is 13.9. The summed E-state index contributed by atoms with van der Waals surface area (Å²) in [6.07, 6.45) is 1.54. The lowest BCUT2D eigenvalue weighted by Gasteiger charge is -2.28. The maximum absolute atomic E-state index is 14.0. The van der Waals surface area contributed by atoms with Gasteiger partial charge in [0, 0.05) is 19.2 Å². The van der Waals surface area contributed by atoms with Crippen molar-refractivity contribution in [2.24, 2.45) is 0 Å². The SMILES string of the molecule is CCCC(CCC)S(=O)(=O)C[C@@H](NC(=O)CCl)C(=O)N[C@@H](Cc1cc(F)cc(F)c1)[C@H](O)CNCc1cccc(CC)c1. The van der Waals surface area contributed by atoms with Crippen molar-refractivity contribution in [3.8, 4) is 0 Å². The largest absolute Gasteiger partial charge is 0.390 e. The van der Waals surface area contributed by atoms with Crippen LogP contribution in [0, 0.1) is 11.6 Å². The monoisotopic (exact) mass is 643 g/mol. The minimum atomic E-state index is -3.81. The third-order valence-corrected chi connectivity index (χ3v) is 9.68. The van der Waals surface area contributed by atoms with E-state index < -0.39 is 68.4 Å². The van der Waals surface area contributed by atoms with E-state index in [1.807, 2.05) is 45.0 Å². The maximum atomic E-state index is 14.0. The van der Waals surface area contributed by atoms with E-state index in [0.717, 1.165) is 29.7 Å². The van der Waals surface area contributed by atoms with Crippen LogP contribution in [0.15, 0.2) is 42.5 Å². The molecule has 4 N–H and O–H groups in total. The minimum Gasteiger partial charge on any atom is -0.390 e. The van der Waals surface area contributed by atoms with Gasteiger partial charge in [0.05, 0.1) is 23.1 Å². The van der Waals surface area contributed by atoms with Gasteiger partial charge < -0.3 is 21.1 Å². The molecule has 2 amide bonds.